The normalized spacial score (nSPS) is 10.5. The van der Waals surface area contributed by atoms with Gasteiger partial charge in [0.1, 0.15) is 0 Å². The molecule has 1 heterocycles. The van der Waals surface area contributed by atoms with E-state index in [-0.39, 0.29) is 17.4 Å². The van der Waals surface area contributed by atoms with Gasteiger partial charge in [0.2, 0.25) is 11.0 Å². The fourth-order valence-electron chi connectivity index (χ4n) is 2.44. The minimum atomic E-state index is -0.153. The Balaban J connectivity index is 1.43. The van der Waals surface area contributed by atoms with Crippen molar-refractivity contribution in [1.29, 1.82) is 0 Å². The maximum atomic E-state index is 12.1. The molecule has 2 N–H and O–H groups in total. The van der Waals surface area contributed by atoms with Gasteiger partial charge in [0, 0.05) is 17.8 Å². The van der Waals surface area contributed by atoms with Crippen molar-refractivity contribution in [3.05, 3.63) is 65.7 Å². The lowest BCUT2D eigenvalue weighted by atomic mass is 10.1. The van der Waals surface area contributed by atoms with Crippen molar-refractivity contribution in [3.8, 4) is 0 Å². The lowest BCUT2D eigenvalue weighted by molar-refractivity contribution is -0.113. The molecule has 0 saturated carbocycles. The van der Waals surface area contributed by atoms with Gasteiger partial charge in [-0.15, -0.1) is 10.2 Å². The maximum Gasteiger partial charge on any atom is 0.234 e. The van der Waals surface area contributed by atoms with Crippen LogP contribution in [0.1, 0.15) is 22.8 Å². The van der Waals surface area contributed by atoms with Crippen LogP contribution in [0.4, 0.5) is 10.8 Å². The summed E-state index contributed by atoms with van der Waals surface area (Å²) in [6, 6.07) is 17.1. The molecule has 3 aromatic rings. The van der Waals surface area contributed by atoms with Crippen molar-refractivity contribution in [2.24, 2.45) is 0 Å². The van der Waals surface area contributed by atoms with Crippen molar-refractivity contribution < 1.29 is 9.59 Å². The van der Waals surface area contributed by atoms with E-state index in [1.54, 1.807) is 24.3 Å². The summed E-state index contributed by atoms with van der Waals surface area (Å²) >= 11 is 2.76. The van der Waals surface area contributed by atoms with E-state index in [1.165, 1.54) is 35.6 Å². The molecule has 0 atom stereocenters. The van der Waals surface area contributed by atoms with Crippen LogP contribution in [0.25, 0.3) is 0 Å². The molecule has 0 bridgehead atoms. The quantitative estimate of drug-likeness (QED) is 0.406. The Morgan fingerprint density at radius 2 is 1.89 bits per heavy atom. The number of aromatic nitrogens is 2. The minimum Gasteiger partial charge on any atom is -0.360 e. The molecule has 0 aliphatic heterocycles. The molecular weight excluding hydrogens is 392 g/mol. The van der Waals surface area contributed by atoms with Crippen molar-refractivity contribution >= 4 is 45.6 Å². The standard InChI is InChI=1S/C20H20N4O2S2/c1-14(25)16-8-5-9-17(12-16)22-18(26)13-27-20-24-23-19(28-20)21-11-10-15-6-3-2-4-7-15/h2-9,12H,10-11,13H2,1H3,(H,21,23)(H,22,26). The number of hydrogen-bond acceptors (Lipinski definition) is 7. The average molecular weight is 413 g/mol. The van der Waals surface area contributed by atoms with Crippen LogP contribution in [0.5, 0.6) is 0 Å². The predicted molar refractivity (Wildman–Crippen MR) is 114 cm³/mol. The van der Waals surface area contributed by atoms with E-state index < -0.39 is 0 Å². The van der Waals surface area contributed by atoms with Crippen molar-refractivity contribution in [2.45, 2.75) is 17.7 Å². The second-order valence-corrected chi connectivity index (χ2v) is 8.21. The van der Waals surface area contributed by atoms with Gasteiger partial charge < -0.3 is 10.6 Å². The molecule has 144 valence electrons. The van der Waals surface area contributed by atoms with Crippen molar-refractivity contribution in [2.75, 3.05) is 22.9 Å². The molecule has 0 aliphatic rings. The monoisotopic (exact) mass is 412 g/mol. The van der Waals surface area contributed by atoms with Gasteiger partial charge in [-0.1, -0.05) is 65.6 Å². The fourth-order valence-corrected chi connectivity index (χ4v) is 4.02. The second-order valence-electron chi connectivity index (χ2n) is 6.01. The molecule has 2 aromatic carbocycles. The van der Waals surface area contributed by atoms with Crippen LogP contribution in [-0.4, -0.2) is 34.2 Å². The third-order valence-corrected chi connectivity index (χ3v) is 5.83. The molecule has 0 radical (unpaired) electrons. The van der Waals surface area contributed by atoms with Gasteiger partial charge in [-0.2, -0.15) is 0 Å². The third-order valence-electron chi connectivity index (χ3n) is 3.82. The molecule has 28 heavy (non-hydrogen) atoms. The molecule has 0 unspecified atom stereocenters. The van der Waals surface area contributed by atoms with Crippen LogP contribution in [0.15, 0.2) is 58.9 Å². The van der Waals surface area contributed by atoms with Gasteiger partial charge in [-0.25, -0.2) is 0 Å². The van der Waals surface area contributed by atoms with Gasteiger partial charge in [0.05, 0.1) is 5.75 Å². The number of nitrogens with zero attached hydrogens (tertiary/aromatic N) is 2. The number of amides is 1. The number of anilines is 2. The Kier molecular flexibility index (Phi) is 7.16. The number of nitrogens with one attached hydrogen (secondary N) is 2. The van der Waals surface area contributed by atoms with E-state index in [9.17, 15) is 9.59 Å². The zero-order chi connectivity index (χ0) is 19.8. The molecular formula is C20H20N4O2S2. The lowest BCUT2D eigenvalue weighted by Gasteiger charge is -2.05. The number of benzene rings is 2. The summed E-state index contributed by atoms with van der Waals surface area (Å²) in [5.41, 5.74) is 2.44. The highest BCUT2D eigenvalue weighted by Gasteiger charge is 2.09. The van der Waals surface area contributed by atoms with Crippen LogP contribution >= 0.6 is 23.1 Å². The van der Waals surface area contributed by atoms with Gasteiger partial charge in [0.15, 0.2) is 10.1 Å². The smallest absolute Gasteiger partial charge is 0.234 e. The molecule has 3 rings (SSSR count). The Morgan fingerprint density at radius 3 is 2.68 bits per heavy atom. The number of Topliss-reactive ketones (excluding diaryl/α,β-unsaturated/α-hetero) is 1. The number of thioether (sulfide) groups is 1. The molecule has 0 fully saturated rings. The van der Waals surface area contributed by atoms with Gasteiger partial charge in [-0.05, 0) is 31.0 Å². The number of ketones is 1. The minimum absolute atomic E-state index is 0.0355. The summed E-state index contributed by atoms with van der Waals surface area (Å²) in [4.78, 5) is 23.5. The Hall–Kier alpha value is -2.71. The summed E-state index contributed by atoms with van der Waals surface area (Å²) in [7, 11) is 0. The van der Waals surface area contributed by atoms with Crippen molar-refractivity contribution in [3.63, 3.8) is 0 Å². The summed E-state index contributed by atoms with van der Waals surface area (Å²) in [5.74, 6) is 0.0364. The topological polar surface area (TPSA) is 84.0 Å². The average Bonchev–Trinajstić information content (AvgIpc) is 3.15. The Bertz CT molecular complexity index is 944. The lowest BCUT2D eigenvalue weighted by Crippen LogP contribution is -2.14. The summed E-state index contributed by atoms with van der Waals surface area (Å²) < 4.78 is 0.731. The highest BCUT2D eigenvalue weighted by atomic mass is 32.2. The fraction of sp³-hybridized carbons (Fsp3) is 0.200. The van der Waals surface area contributed by atoms with Crippen LogP contribution in [0.3, 0.4) is 0 Å². The number of hydrogen-bond donors (Lipinski definition) is 2. The molecule has 0 aliphatic carbocycles. The third kappa shape index (κ3) is 6.17. The van der Waals surface area contributed by atoms with E-state index in [2.05, 4.69) is 33.0 Å². The molecule has 1 aromatic heterocycles. The van der Waals surface area contributed by atoms with E-state index >= 15 is 0 Å². The van der Waals surface area contributed by atoms with Gasteiger partial charge in [0.25, 0.3) is 0 Å². The van der Waals surface area contributed by atoms with Crippen molar-refractivity contribution in [1.82, 2.24) is 10.2 Å². The summed E-state index contributed by atoms with van der Waals surface area (Å²) in [5, 5.41) is 15.0. The van der Waals surface area contributed by atoms with Gasteiger partial charge in [-0.3, -0.25) is 9.59 Å². The second kappa shape index (κ2) is 10.0. The van der Waals surface area contributed by atoms with E-state index in [1.807, 2.05) is 18.2 Å². The van der Waals surface area contributed by atoms with Crippen LogP contribution < -0.4 is 10.6 Å². The van der Waals surface area contributed by atoms with Crippen LogP contribution in [0, 0.1) is 0 Å². The first-order valence-electron chi connectivity index (χ1n) is 8.75. The number of carbonyl (C=O) groups is 2. The Labute approximate surface area is 171 Å². The maximum absolute atomic E-state index is 12.1. The predicted octanol–water partition coefficient (Wildman–Crippen LogP) is 4.13. The highest BCUT2D eigenvalue weighted by molar-refractivity contribution is 8.01. The number of rotatable bonds is 9. The zero-order valence-corrected chi connectivity index (χ0v) is 17.0. The first kappa shape index (κ1) is 20.0. The molecule has 8 heteroatoms. The number of carbonyl (C=O) groups excluding carboxylic acids is 2. The highest BCUT2D eigenvalue weighted by Crippen LogP contribution is 2.25. The molecule has 6 nitrogen and oxygen atoms in total. The van der Waals surface area contributed by atoms with E-state index in [0.29, 0.717) is 11.3 Å². The summed E-state index contributed by atoms with van der Waals surface area (Å²) in [6.45, 7) is 2.27. The largest absolute Gasteiger partial charge is 0.360 e. The van der Waals surface area contributed by atoms with E-state index in [4.69, 9.17) is 0 Å². The molecule has 0 spiro atoms. The first-order chi connectivity index (χ1) is 13.6. The van der Waals surface area contributed by atoms with Gasteiger partial charge >= 0.3 is 0 Å². The molecule has 0 saturated heterocycles. The molecule has 1 amide bonds. The van der Waals surface area contributed by atoms with Crippen LogP contribution in [0.2, 0.25) is 0 Å². The summed E-state index contributed by atoms with van der Waals surface area (Å²) in [6.07, 6.45) is 0.907. The first-order valence-corrected chi connectivity index (χ1v) is 10.6. The van der Waals surface area contributed by atoms with Crippen LogP contribution in [-0.2, 0) is 11.2 Å². The van der Waals surface area contributed by atoms with E-state index in [0.717, 1.165) is 22.4 Å². The Morgan fingerprint density at radius 1 is 1.07 bits per heavy atom. The SMILES string of the molecule is CC(=O)c1cccc(NC(=O)CSc2nnc(NCCc3ccccc3)s2)c1. The zero-order valence-electron chi connectivity index (χ0n) is 15.3.